The molecule has 1 heterocycles. The Bertz CT molecular complexity index is 579. The van der Waals surface area contributed by atoms with Gasteiger partial charge in [0.25, 0.3) is 0 Å². The minimum absolute atomic E-state index is 0.518. The molecule has 0 aliphatic rings. The van der Waals surface area contributed by atoms with Crippen molar-refractivity contribution in [2.45, 2.75) is 6.92 Å². The van der Waals surface area contributed by atoms with Gasteiger partial charge in [-0.15, -0.1) is 0 Å². The first-order valence-corrected chi connectivity index (χ1v) is 6.17. The van der Waals surface area contributed by atoms with Crippen molar-refractivity contribution in [2.24, 2.45) is 7.05 Å². The van der Waals surface area contributed by atoms with Gasteiger partial charge in [-0.1, -0.05) is 11.6 Å². The van der Waals surface area contributed by atoms with Gasteiger partial charge in [0.2, 0.25) is 0 Å². The molecule has 0 aliphatic heterocycles. The van der Waals surface area contributed by atoms with Gasteiger partial charge in [-0.05, 0) is 42.9 Å². The van der Waals surface area contributed by atoms with Crippen molar-refractivity contribution in [2.75, 3.05) is 10.6 Å². The average Bonchev–Trinajstić information content (AvgIpc) is 2.69. The van der Waals surface area contributed by atoms with E-state index in [2.05, 4.69) is 15.7 Å². The summed E-state index contributed by atoms with van der Waals surface area (Å²) in [4.78, 5) is 0. The third kappa shape index (κ3) is 3.00. The van der Waals surface area contributed by atoms with E-state index in [4.69, 9.17) is 23.8 Å². The predicted molar refractivity (Wildman–Crippen MR) is 79.2 cm³/mol. The van der Waals surface area contributed by atoms with Gasteiger partial charge in [0, 0.05) is 23.8 Å². The van der Waals surface area contributed by atoms with E-state index in [0.717, 1.165) is 17.1 Å². The van der Waals surface area contributed by atoms with Gasteiger partial charge in [0.15, 0.2) is 5.11 Å². The summed E-state index contributed by atoms with van der Waals surface area (Å²) in [5.74, 6) is 0.833. The Kier molecular flexibility index (Phi) is 3.84. The number of hydrogen-bond donors (Lipinski definition) is 2. The summed E-state index contributed by atoms with van der Waals surface area (Å²) in [6.07, 6.45) is 1.71. The van der Waals surface area contributed by atoms with Crippen LogP contribution in [0.5, 0.6) is 0 Å². The summed E-state index contributed by atoms with van der Waals surface area (Å²) in [6.45, 7) is 1.97. The number of nitrogens with one attached hydrogen (secondary N) is 2. The fourth-order valence-corrected chi connectivity index (χ4v) is 1.97. The van der Waals surface area contributed by atoms with Crippen molar-refractivity contribution < 1.29 is 0 Å². The molecule has 4 nitrogen and oxygen atoms in total. The van der Waals surface area contributed by atoms with Gasteiger partial charge >= 0.3 is 0 Å². The Balaban J connectivity index is 2.05. The zero-order valence-electron chi connectivity index (χ0n) is 10.1. The molecule has 0 saturated carbocycles. The molecule has 2 N–H and O–H groups in total. The molecule has 6 heteroatoms. The molecule has 1 aromatic heterocycles. The molecule has 0 atom stereocenters. The van der Waals surface area contributed by atoms with Crippen molar-refractivity contribution in [3.8, 4) is 0 Å². The van der Waals surface area contributed by atoms with Crippen LogP contribution in [0.15, 0.2) is 30.5 Å². The molecule has 0 amide bonds. The van der Waals surface area contributed by atoms with Gasteiger partial charge in [0.05, 0.1) is 6.20 Å². The third-order valence-corrected chi connectivity index (χ3v) is 2.94. The van der Waals surface area contributed by atoms with Gasteiger partial charge in [-0.3, -0.25) is 4.68 Å². The predicted octanol–water partition coefficient (Wildman–Crippen LogP) is 3.19. The first-order valence-electron chi connectivity index (χ1n) is 5.38. The number of hydrogen-bond acceptors (Lipinski definition) is 2. The van der Waals surface area contributed by atoms with Crippen LogP contribution in [0.1, 0.15) is 5.56 Å². The van der Waals surface area contributed by atoms with Crippen molar-refractivity contribution in [3.63, 3.8) is 0 Å². The van der Waals surface area contributed by atoms with E-state index in [-0.39, 0.29) is 0 Å². The number of aryl methyl sites for hydroxylation is 2. The lowest BCUT2D eigenvalue weighted by atomic mass is 10.2. The van der Waals surface area contributed by atoms with Gasteiger partial charge < -0.3 is 10.6 Å². The molecule has 1 aromatic carbocycles. The summed E-state index contributed by atoms with van der Waals surface area (Å²) in [6, 6.07) is 7.46. The Morgan fingerprint density at radius 1 is 1.33 bits per heavy atom. The van der Waals surface area contributed by atoms with Crippen LogP contribution in [0.2, 0.25) is 5.02 Å². The molecule has 2 rings (SSSR count). The zero-order valence-corrected chi connectivity index (χ0v) is 11.6. The summed E-state index contributed by atoms with van der Waals surface area (Å²) >= 11 is 11.1. The maximum absolute atomic E-state index is 5.90. The van der Waals surface area contributed by atoms with Gasteiger partial charge in [-0.25, -0.2) is 0 Å². The number of thiocarbonyl (C=S) groups is 1. The fraction of sp³-hybridized carbons (Fsp3) is 0.167. The molecular weight excluding hydrogens is 268 g/mol. The lowest BCUT2D eigenvalue weighted by Crippen LogP contribution is -2.21. The van der Waals surface area contributed by atoms with Gasteiger partial charge in [0.1, 0.15) is 5.82 Å². The van der Waals surface area contributed by atoms with E-state index in [0.29, 0.717) is 10.1 Å². The van der Waals surface area contributed by atoms with Crippen LogP contribution in [0.4, 0.5) is 11.5 Å². The lowest BCUT2D eigenvalue weighted by Gasteiger charge is -2.12. The highest BCUT2D eigenvalue weighted by molar-refractivity contribution is 7.80. The topological polar surface area (TPSA) is 41.9 Å². The summed E-state index contributed by atoms with van der Waals surface area (Å²) < 4.78 is 1.71. The first-order chi connectivity index (χ1) is 8.56. The minimum Gasteiger partial charge on any atom is -0.332 e. The SMILES string of the molecule is Cc1cc(Cl)ccc1NC(=S)Nc1ccnn1C. The molecule has 2 aromatic rings. The van der Waals surface area contributed by atoms with E-state index in [1.54, 1.807) is 10.9 Å². The van der Waals surface area contributed by atoms with Crippen LogP contribution in [0.3, 0.4) is 0 Å². The van der Waals surface area contributed by atoms with Crippen LogP contribution >= 0.6 is 23.8 Å². The highest BCUT2D eigenvalue weighted by atomic mass is 35.5. The van der Waals surface area contributed by atoms with Crippen LogP contribution < -0.4 is 10.6 Å². The second-order valence-electron chi connectivity index (χ2n) is 3.88. The lowest BCUT2D eigenvalue weighted by molar-refractivity contribution is 0.778. The molecule has 0 fully saturated rings. The monoisotopic (exact) mass is 280 g/mol. The quantitative estimate of drug-likeness (QED) is 0.829. The maximum atomic E-state index is 5.90. The van der Waals surface area contributed by atoms with E-state index >= 15 is 0 Å². The van der Waals surface area contributed by atoms with Crippen molar-refractivity contribution >= 4 is 40.4 Å². The molecule has 0 unspecified atom stereocenters. The third-order valence-electron chi connectivity index (χ3n) is 2.50. The number of aromatic nitrogens is 2. The first kappa shape index (κ1) is 12.9. The van der Waals surface area contributed by atoms with E-state index < -0.39 is 0 Å². The normalized spacial score (nSPS) is 10.2. The van der Waals surface area contributed by atoms with Crippen LogP contribution in [0.25, 0.3) is 0 Å². The Morgan fingerprint density at radius 3 is 2.72 bits per heavy atom. The number of benzene rings is 1. The Morgan fingerprint density at radius 2 is 2.11 bits per heavy atom. The molecule has 0 bridgehead atoms. The number of anilines is 2. The zero-order chi connectivity index (χ0) is 13.1. The fourth-order valence-electron chi connectivity index (χ4n) is 1.53. The maximum Gasteiger partial charge on any atom is 0.176 e. The summed E-state index contributed by atoms with van der Waals surface area (Å²) in [5, 5.41) is 11.5. The molecule has 0 aliphatic carbocycles. The molecular formula is C12H13ClN4S. The van der Waals surface area contributed by atoms with Crippen LogP contribution in [-0.4, -0.2) is 14.9 Å². The second-order valence-corrected chi connectivity index (χ2v) is 4.72. The summed E-state index contributed by atoms with van der Waals surface area (Å²) in [5.41, 5.74) is 1.97. The highest BCUT2D eigenvalue weighted by Crippen LogP contribution is 2.19. The second kappa shape index (κ2) is 5.37. The van der Waals surface area contributed by atoms with E-state index in [1.807, 2.05) is 38.2 Å². The highest BCUT2D eigenvalue weighted by Gasteiger charge is 2.04. The number of rotatable bonds is 2. The molecule has 94 valence electrons. The van der Waals surface area contributed by atoms with E-state index in [9.17, 15) is 0 Å². The average molecular weight is 281 g/mol. The number of nitrogens with zero attached hydrogens (tertiary/aromatic N) is 2. The van der Waals surface area contributed by atoms with E-state index in [1.165, 1.54) is 0 Å². The standard InChI is InChI=1S/C12H13ClN4S/c1-8-7-9(13)3-4-10(8)15-12(18)16-11-5-6-14-17(11)2/h3-7H,1-2H3,(H2,15,16,18). The van der Waals surface area contributed by atoms with Gasteiger partial charge in [-0.2, -0.15) is 5.10 Å². The smallest absolute Gasteiger partial charge is 0.176 e. The van der Waals surface area contributed by atoms with Crippen molar-refractivity contribution in [3.05, 3.63) is 41.0 Å². The number of halogens is 1. The molecule has 18 heavy (non-hydrogen) atoms. The van der Waals surface area contributed by atoms with Crippen LogP contribution in [-0.2, 0) is 7.05 Å². The van der Waals surface area contributed by atoms with Crippen molar-refractivity contribution in [1.82, 2.24) is 9.78 Å². The molecule has 0 saturated heterocycles. The minimum atomic E-state index is 0.518. The Hall–Kier alpha value is -1.59. The largest absolute Gasteiger partial charge is 0.332 e. The van der Waals surface area contributed by atoms with Crippen molar-refractivity contribution in [1.29, 1.82) is 0 Å². The molecule has 0 spiro atoms. The summed E-state index contributed by atoms with van der Waals surface area (Å²) in [7, 11) is 1.85. The Labute approximate surface area is 116 Å². The molecule has 0 radical (unpaired) electrons. The van der Waals surface area contributed by atoms with Crippen LogP contribution in [0, 0.1) is 6.92 Å².